The van der Waals surface area contributed by atoms with E-state index in [0.717, 1.165) is 52.3 Å². The van der Waals surface area contributed by atoms with Crippen molar-refractivity contribution in [1.82, 2.24) is 19.1 Å². The first kappa shape index (κ1) is 37.7. The Kier molecular flexibility index (Phi) is 7.66. The predicted molar refractivity (Wildman–Crippen MR) is 269 cm³/mol. The Morgan fingerprint density at radius 2 is 1.14 bits per heavy atom. The molecule has 3 aromatic heterocycles. The molecule has 0 radical (unpaired) electrons. The number of allylic oxidation sites excluding steroid dienone is 6. The molecule has 4 aliphatic heterocycles. The van der Waals surface area contributed by atoms with Crippen LogP contribution in [0.5, 0.6) is 0 Å². The van der Waals surface area contributed by atoms with Crippen LogP contribution in [0.2, 0.25) is 0 Å². The maximum absolute atomic E-state index is 5.48. The molecule has 0 spiro atoms. The molecule has 8 aromatic rings. The van der Waals surface area contributed by atoms with E-state index in [4.69, 9.17) is 9.97 Å². The molecule has 0 bridgehead atoms. The van der Waals surface area contributed by atoms with Gasteiger partial charge in [0, 0.05) is 85.4 Å². The zero-order chi connectivity index (χ0) is 44.1. The highest BCUT2D eigenvalue weighted by Crippen LogP contribution is 2.61. The van der Waals surface area contributed by atoms with Gasteiger partial charge in [0.25, 0.3) is 0 Å². The molecule has 0 fully saturated rings. The lowest BCUT2D eigenvalue weighted by Crippen LogP contribution is -2.30. The summed E-state index contributed by atoms with van der Waals surface area (Å²) >= 11 is 0. The van der Waals surface area contributed by atoms with Gasteiger partial charge in [-0.15, -0.1) is 0 Å². The van der Waals surface area contributed by atoms with Gasteiger partial charge in [0.2, 0.25) is 0 Å². The molecule has 14 rings (SSSR count). The summed E-state index contributed by atoms with van der Waals surface area (Å²) in [6.07, 6.45) is 20.7. The van der Waals surface area contributed by atoms with Crippen LogP contribution in [0.15, 0.2) is 188 Å². The molecule has 66 heavy (non-hydrogen) atoms. The van der Waals surface area contributed by atoms with Crippen LogP contribution in [0, 0.1) is 0 Å². The fraction of sp³-hybridized carbons (Fsp3) is 0.167. The van der Waals surface area contributed by atoms with Crippen molar-refractivity contribution in [3.05, 3.63) is 222 Å². The Morgan fingerprint density at radius 3 is 1.86 bits per heavy atom. The smallest absolute Gasteiger partial charge is 0.160 e. The van der Waals surface area contributed by atoms with Gasteiger partial charge in [-0.1, -0.05) is 155 Å². The number of nitrogens with zero attached hydrogens (tertiary/aromatic N) is 6. The minimum atomic E-state index is -0.212. The second-order valence-corrected chi connectivity index (χ2v) is 19.8. The van der Waals surface area contributed by atoms with Gasteiger partial charge in [-0.3, -0.25) is 0 Å². The largest absolute Gasteiger partial charge is 0.331 e. The van der Waals surface area contributed by atoms with Crippen molar-refractivity contribution < 1.29 is 0 Å². The zero-order valence-electron chi connectivity index (χ0n) is 37.6. The van der Waals surface area contributed by atoms with Crippen LogP contribution in [-0.2, 0) is 10.8 Å². The third-order valence-electron chi connectivity index (χ3n) is 15.4. The third kappa shape index (κ3) is 5.07. The standard InChI is InChI=1S/C60H48N6/c1-59(2)46-25-13-17-29-52(46)63-35-44-42-23-11-15-27-50(42)65(54(44)56(59)63)40-31-39(49-34-48(37-19-7-5-8-20-37)61-58(62-49)38-21-9-6-10-22-38)32-41(33-40)66-51-28-16-12-24-43(51)45-36-64-53-30-18-14-26-47(53)60(3,4)57(64)55(45)66/h5-23,25-26,28-36,43,50H,24,27H2,1-4H3. The molecule has 5 aromatic carbocycles. The second-order valence-electron chi connectivity index (χ2n) is 19.8. The number of aromatic nitrogens is 4. The quantitative estimate of drug-likeness (QED) is 0.173. The van der Waals surface area contributed by atoms with Crippen LogP contribution >= 0.6 is 0 Å². The molecule has 6 nitrogen and oxygen atoms in total. The average Bonchev–Trinajstić information content (AvgIpc) is 4.17. The van der Waals surface area contributed by atoms with E-state index in [1.165, 1.54) is 67.7 Å². The maximum atomic E-state index is 5.48. The summed E-state index contributed by atoms with van der Waals surface area (Å²) in [6.45, 7) is 9.61. The van der Waals surface area contributed by atoms with Crippen molar-refractivity contribution in [1.29, 1.82) is 0 Å². The van der Waals surface area contributed by atoms with Crippen molar-refractivity contribution in [3.8, 4) is 45.3 Å². The van der Waals surface area contributed by atoms with Gasteiger partial charge in [-0.2, -0.15) is 0 Å². The highest BCUT2D eigenvalue weighted by Gasteiger charge is 2.49. The monoisotopic (exact) mass is 852 g/mol. The normalized spacial score (nSPS) is 19.3. The molecule has 0 saturated heterocycles. The third-order valence-corrected chi connectivity index (χ3v) is 15.4. The number of anilines is 4. The number of rotatable bonds is 5. The Labute approximate surface area is 385 Å². The van der Waals surface area contributed by atoms with Crippen molar-refractivity contribution in [2.75, 3.05) is 9.80 Å². The van der Waals surface area contributed by atoms with Crippen LogP contribution in [0.3, 0.4) is 0 Å². The lowest BCUT2D eigenvalue weighted by molar-refractivity contribution is 0.639. The van der Waals surface area contributed by atoms with Crippen molar-refractivity contribution >= 4 is 28.3 Å². The minimum absolute atomic E-state index is 0.143. The van der Waals surface area contributed by atoms with Gasteiger partial charge in [-0.25, -0.2) is 9.97 Å². The number of para-hydroxylation sites is 2. The van der Waals surface area contributed by atoms with Crippen molar-refractivity contribution in [2.24, 2.45) is 0 Å². The number of benzene rings is 5. The van der Waals surface area contributed by atoms with Crippen LogP contribution in [-0.4, -0.2) is 25.1 Å². The summed E-state index contributed by atoms with van der Waals surface area (Å²) < 4.78 is 4.98. The van der Waals surface area contributed by atoms with Gasteiger partial charge in [-0.05, 0) is 72.0 Å². The van der Waals surface area contributed by atoms with Crippen LogP contribution < -0.4 is 9.80 Å². The number of hydrogen-bond donors (Lipinski definition) is 0. The fourth-order valence-corrected chi connectivity index (χ4v) is 12.4. The van der Waals surface area contributed by atoms with E-state index in [1.807, 2.05) is 0 Å². The van der Waals surface area contributed by atoms with Gasteiger partial charge < -0.3 is 18.9 Å². The summed E-state index contributed by atoms with van der Waals surface area (Å²) in [6, 6.07) is 48.5. The summed E-state index contributed by atoms with van der Waals surface area (Å²) in [5.41, 5.74) is 22.8. The molecular weight excluding hydrogens is 805 g/mol. The van der Waals surface area contributed by atoms with Crippen LogP contribution in [0.25, 0.3) is 50.9 Å². The molecule has 7 heterocycles. The van der Waals surface area contributed by atoms with E-state index < -0.39 is 0 Å². The Balaban J connectivity index is 1.05. The second kappa shape index (κ2) is 13.4. The van der Waals surface area contributed by atoms with Crippen molar-refractivity contribution in [2.45, 2.75) is 63.3 Å². The molecule has 6 heteroatoms. The van der Waals surface area contributed by atoms with E-state index in [2.05, 4.69) is 229 Å². The number of fused-ring (bicyclic) bond motifs is 14. The number of hydrogen-bond acceptors (Lipinski definition) is 4. The molecule has 0 N–H and O–H groups in total. The Bertz CT molecular complexity index is 3440. The van der Waals surface area contributed by atoms with Crippen molar-refractivity contribution in [3.63, 3.8) is 0 Å². The first-order valence-corrected chi connectivity index (χ1v) is 23.5. The Morgan fingerprint density at radius 1 is 0.545 bits per heavy atom. The molecule has 0 saturated carbocycles. The van der Waals surface area contributed by atoms with Gasteiger partial charge in [0.15, 0.2) is 5.82 Å². The summed E-state index contributed by atoms with van der Waals surface area (Å²) in [7, 11) is 0. The Hall–Kier alpha value is -7.70. The molecule has 2 atom stereocenters. The summed E-state index contributed by atoms with van der Waals surface area (Å²) in [5.74, 6) is 0.959. The lowest BCUT2D eigenvalue weighted by Gasteiger charge is -2.34. The highest BCUT2D eigenvalue weighted by molar-refractivity contribution is 5.98. The summed E-state index contributed by atoms with van der Waals surface area (Å²) in [4.78, 5) is 16.0. The molecular formula is C60H48N6. The minimum Gasteiger partial charge on any atom is -0.331 e. The van der Waals surface area contributed by atoms with E-state index in [-0.39, 0.29) is 22.8 Å². The fourth-order valence-electron chi connectivity index (χ4n) is 12.4. The molecule has 0 amide bonds. The average molecular weight is 853 g/mol. The highest BCUT2D eigenvalue weighted by atomic mass is 15.3. The predicted octanol–water partition coefficient (Wildman–Crippen LogP) is 14.3. The SMILES string of the molecule is CC1(C)c2ccccc2-n2cc3c(c21)N(c1cc(-c2cc(-c4ccccc4)nc(-c4ccccc4)n2)cc(N2c4c(cn5c4C(C)(C)c4ccccc4-5)C4=CC=CCC42)c1)C1=CC=CCC13. The topological polar surface area (TPSA) is 42.1 Å². The van der Waals surface area contributed by atoms with Gasteiger partial charge >= 0.3 is 0 Å². The zero-order valence-corrected chi connectivity index (χ0v) is 37.6. The van der Waals surface area contributed by atoms with E-state index in [0.29, 0.717) is 5.82 Å². The first-order valence-electron chi connectivity index (χ1n) is 23.5. The molecule has 2 unspecified atom stereocenters. The molecule has 6 aliphatic rings. The lowest BCUT2D eigenvalue weighted by atomic mass is 9.82. The van der Waals surface area contributed by atoms with Gasteiger partial charge in [0.05, 0.1) is 40.2 Å². The van der Waals surface area contributed by atoms with E-state index in [1.54, 1.807) is 0 Å². The summed E-state index contributed by atoms with van der Waals surface area (Å²) in [5, 5.41) is 0. The first-order chi connectivity index (χ1) is 32.3. The van der Waals surface area contributed by atoms with Crippen LogP contribution in [0.4, 0.5) is 22.7 Å². The van der Waals surface area contributed by atoms with E-state index in [9.17, 15) is 0 Å². The van der Waals surface area contributed by atoms with Crippen LogP contribution in [0.1, 0.15) is 80.1 Å². The molecule has 318 valence electrons. The molecule has 2 aliphatic carbocycles. The maximum Gasteiger partial charge on any atom is 0.160 e. The van der Waals surface area contributed by atoms with Gasteiger partial charge in [0.1, 0.15) is 0 Å². The van der Waals surface area contributed by atoms with E-state index >= 15 is 0 Å².